The first-order chi connectivity index (χ1) is 33.3. The standard InChI is InChI=1S/C65H43NO/c1-6-21-44(22-7-1)47-37-40-60(56(41-47)45-23-8-2-9-24-45)66(61-36-20-34-55-62-52-32-17-16-27-48(52)42-57(64(62)67-63(55)61)46-25-10-3-11-26-46)51-38-39-54-53-33-18-19-35-58(53)65(59(54)43-51,49-28-12-4-13-29-49)50-30-14-5-15-31-50/h1-43H. The van der Waals surface area contributed by atoms with Crippen LogP contribution in [0, 0.1) is 0 Å². The van der Waals surface area contributed by atoms with Crippen molar-refractivity contribution in [3.8, 4) is 44.5 Å². The summed E-state index contributed by atoms with van der Waals surface area (Å²) in [6, 6.07) is 94.9. The Bertz CT molecular complexity index is 3740. The van der Waals surface area contributed by atoms with Gasteiger partial charge < -0.3 is 9.32 Å². The molecule has 0 radical (unpaired) electrons. The molecule has 12 aromatic rings. The minimum Gasteiger partial charge on any atom is -0.453 e. The largest absolute Gasteiger partial charge is 0.453 e. The summed E-state index contributed by atoms with van der Waals surface area (Å²) in [5, 5.41) is 4.54. The lowest BCUT2D eigenvalue weighted by Crippen LogP contribution is -2.28. The summed E-state index contributed by atoms with van der Waals surface area (Å²) in [6.07, 6.45) is 0. The van der Waals surface area contributed by atoms with Gasteiger partial charge in [0.15, 0.2) is 5.58 Å². The summed E-state index contributed by atoms with van der Waals surface area (Å²) in [6.45, 7) is 0. The Morgan fingerprint density at radius 3 is 1.58 bits per heavy atom. The fourth-order valence-corrected chi connectivity index (χ4v) is 11.0. The van der Waals surface area contributed by atoms with Crippen LogP contribution in [-0.4, -0.2) is 0 Å². The van der Waals surface area contributed by atoms with Crippen molar-refractivity contribution in [1.29, 1.82) is 0 Å². The highest BCUT2D eigenvalue weighted by Crippen LogP contribution is 2.58. The Hall–Kier alpha value is -8.72. The number of hydrogen-bond acceptors (Lipinski definition) is 2. The van der Waals surface area contributed by atoms with E-state index < -0.39 is 5.41 Å². The molecule has 0 N–H and O–H groups in total. The molecule has 2 nitrogen and oxygen atoms in total. The molecule has 13 rings (SSSR count). The van der Waals surface area contributed by atoms with Gasteiger partial charge in [0.05, 0.1) is 16.8 Å². The Kier molecular flexibility index (Phi) is 9.11. The van der Waals surface area contributed by atoms with Crippen molar-refractivity contribution in [2.24, 2.45) is 0 Å². The molecule has 11 aromatic carbocycles. The van der Waals surface area contributed by atoms with Crippen molar-refractivity contribution in [1.82, 2.24) is 0 Å². The Morgan fingerprint density at radius 2 is 0.881 bits per heavy atom. The zero-order valence-electron chi connectivity index (χ0n) is 36.7. The van der Waals surface area contributed by atoms with Crippen molar-refractivity contribution < 1.29 is 4.42 Å². The van der Waals surface area contributed by atoms with Gasteiger partial charge in [0, 0.05) is 27.6 Å². The zero-order valence-corrected chi connectivity index (χ0v) is 36.7. The molecule has 1 aromatic heterocycles. The van der Waals surface area contributed by atoms with Crippen molar-refractivity contribution in [3.63, 3.8) is 0 Å². The van der Waals surface area contributed by atoms with E-state index in [-0.39, 0.29) is 0 Å². The van der Waals surface area contributed by atoms with Crippen molar-refractivity contribution >= 4 is 49.8 Å². The van der Waals surface area contributed by atoms with Gasteiger partial charge in [-0.2, -0.15) is 0 Å². The summed E-state index contributed by atoms with van der Waals surface area (Å²) >= 11 is 0. The van der Waals surface area contributed by atoms with E-state index >= 15 is 0 Å². The second-order valence-electron chi connectivity index (χ2n) is 17.5. The Balaban J connectivity index is 1.15. The molecule has 0 amide bonds. The highest BCUT2D eigenvalue weighted by Gasteiger charge is 2.46. The van der Waals surface area contributed by atoms with Gasteiger partial charge in [0.2, 0.25) is 0 Å². The molecule has 2 heteroatoms. The predicted molar refractivity (Wildman–Crippen MR) is 280 cm³/mol. The average Bonchev–Trinajstić information content (AvgIpc) is 3.95. The molecule has 67 heavy (non-hydrogen) atoms. The Labute approximate surface area is 390 Å². The lowest BCUT2D eigenvalue weighted by molar-refractivity contribution is 0.670. The molecule has 0 fully saturated rings. The lowest BCUT2D eigenvalue weighted by atomic mass is 9.67. The van der Waals surface area contributed by atoms with Crippen molar-refractivity contribution in [3.05, 3.63) is 283 Å². The minimum absolute atomic E-state index is 0.579. The molecule has 0 atom stereocenters. The van der Waals surface area contributed by atoms with E-state index in [1.54, 1.807) is 0 Å². The normalized spacial score (nSPS) is 12.6. The number of furan rings is 1. The van der Waals surface area contributed by atoms with E-state index in [2.05, 4.69) is 266 Å². The maximum Gasteiger partial charge on any atom is 0.159 e. The number of nitrogens with zero attached hydrogens (tertiary/aromatic N) is 1. The van der Waals surface area contributed by atoms with E-state index in [9.17, 15) is 0 Å². The van der Waals surface area contributed by atoms with E-state index in [1.807, 2.05) is 0 Å². The van der Waals surface area contributed by atoms with Crippen LogP contribution in [0.5, 0.6) is 0 Å². The van der Waals surface area contributed by atoms with Gasteiger partial charge in [0.25, 0.3) is 0 Å². The average molecular weight is 854 g/mol. The fraction of sp³-hybridized carbons (Fsp3) is 0.0154. The first-order valence-corrected chi connectivity index (χ1v) is 23.1. The molecule has 1 heterocycles. The molecule has 1 aliphatic rings. The zero-order chi connectivity index (χ0) is 44.3. The molecule has 0 aliphatic heterocycles. The van der Waals surface area contributed by atoms with E-state index in [4.69, 9.17) is 4.42 Å². The summed E-state index contributed by atoms with van der Waals surface area (Å²) in [5.74, 6) is 0. The number of para-hydroxylation sites is 1. The fourth-order valence-electron chi connectivity index (χ4n) is 11.0. The maximum atomic E-state index is 7.42. The van der Waals surface area contributed by atoms with Crippen LogP contribution in [0.25, 0.3) is 77.2 Å². The molecular formula is C65H43NO. The van der Waals surface area contributed by atoms with Crippen molar-refractivity contribution in [2.45, 2.75) is 5.41 Å². The minimum atomic E-state index is -0.579. The second-order valence-corrected chi connectivity index (χ2v) is 17.5. The molecule has 0 unspecified atom stereocenters. The molecule has 1 aliphatic carbocycles. The summed E-state index contributed by atoms with van der Waals surface area (Å²) < 4.78 is 7.42. The number of benzene rings is 11. The van der Waals surface area contributed by atoms with Gasteiger partial charge >= 0.3 is 0 Å². The quantitative estimate of drug-likeness (QED) is 0.151. The van der Waals surface area contributed by atoms with Crippen LogP contribution < -0.4 is 4.90 Å². The van der Waals surface area contributed by atoms with Crippen LogP contribution in [-0.2, 0) is 5.41 Å². The third-order valence-corrected chi connectivity index (χ3v) is 13.9. The van der Waals surface area contributed by atoms with Gasteiger partial charge in [-0.15, -0.1) is 0 Å². The smallest absolute Gasteiger partial charge is 0.159 e. The van der Waals surface area contributed by atoms with Crippen LogP contribution in [0.1, 0.15) is 22.3 Å². The third-order valence-electron chi connectivity index (χ3n) is 13.9. The summed E-state index contributed by atoms with van der Waals surface area (Å²) in [4.78, 5) is 2.45. The van der Waals surface area contributed by atoms with Crippen molar-refractivity contribution in [2.75, 3.05) is 4.90 Å². The van der Waals surface area contributed by atoms with Gasteiger partial charge in [0.1, 0.15) is 5.58 Å². The van der Waals surface area contributed by atoms with Gasteiger partial charge in [-0.1, -0.05) is 224 Å². The molecular weight excluding hydrogens is 811 g/mol. The first kappa shape index (κ1) is 38.7. The number of hydrogen-bond donors (Lipinski definition) is 0. The van der Waals surface area contributed by atoms with Crippen LogP contribution in [0.3, 0.4) is 0 Å². The van der Waals surface area contributed by atoms with Crippen LogP contribution in [0.15, 0.2) is 265 Å². The predicted octanol–water partition coefficient (Wildman–Crippen LogP) is 17.6. The number of anilines is 3. The van der Waals surface area contributed by atoms with Gasteiger partial charge in [-0.3, -0.25) is 0 Å². The highest BCUT2D eigenvalue weighted by atomic mass is 16.3. The molecule has 0 saturated carbocycles. The SMILES string of the molecule is c1ccc(-c2ccc(N(c3ccc4c(c3)C(c3ccccc3)(c3ccccc3)c3ccccc3-4)c3cccc4c3oc3c(-c5ccccc5)cc5ccccc5c34)c(-c3ccccc3)c2)cc1. The van der Waals surface area contributed by atoms with Gasteiger partial charge in [-0.25, -0.2) is 0 Å². The first-order valence-electron chi connectivity index (χ1n) is 23.1. The third kappa shape index (κ3) is 6.11. The maximum absolute atomic E-state index is 7.42. The summed E-state index contributed by atoms with van der Waals surface area (Å²) in [7, 11) is 0. The van der Waals surface area contributed by atoms with Gasteiger partial charge in [-0.05, 0) is 103 Å². The highest BCUT2D eigenvalue weighted by molar-refractivity contribution is 6.24. The Morgan fingerprint density at radius 1 is 0.313 bits per heavy atom. The molecule has 0 bridgehead atoms. The molecule has 314 valence electrons. The summed E-state index contributed by atoms with van der Waals surface area (Å²) in [5.41, 5.74) is 18.4. The van der Waals surface area contributed by atoms with Crippen LogP contribution in [0.2, 0.25) is 0 Å². The molecule has 0 saturated heterocycles. The van der Waals surface area contributed by atoms with E-state index in [0.717, 1.165) is 66.8 Å². The second kappa shape index (κ2) is 15.8. The van der Waals surface area contributed by atoms with Crippen LogP contribution in [0.4, 0.5) is 17.1 Å². The molecule has 0 spiro atoms. The topological polar surface area (TPSA) is 16.4 Å². The van der Waals surface area contributed by atoms with Crippen LogP contribution >= 0.6 is 0 Å². The monoisotopic (exact) mass is 853 g/mol. The van der Waals surface area contributed by atoms with E-state index in [1.165, 1.54) is 49.7 Å². The number of rotatable bonds is 8. The number of fused-ring (bicyclic) bond motifs is 8. The lowest BCUT2D eigenvalue weighted by Gasteiger charge is -2.35. The van der Waals surface area contributed by atoms with E-state index in [0.29, 0.717) is 0 Å².